The molecule has 0 aliphatic carbocycles. The molecule has 0 aliphatic heterocycles. The third kappa shape index (κ3) is 3.31. The number of nitrogens with zero attached hydrogens (tertiary/aromatic N) is 3. The van der Waals surface area contributed by atoms with E-state index in [0.717, 1.165) is 11.8 Å². The van der Waals surface area contributed by atoms with Crippen LogP contribution in [0.3, 0.4) is 0 Å². The summed E-state index contributed by atoms with van der Waals surface area (Å²) in [5.41, 5.74) is 2.66. The zero-order valence-corrected chi connectivity index (χ0v) is 10.9. The number of hydrogen-bond acceptors (Lipinski definition) is 7. The van der Waals surface area contributed by atoms with Gasteiger partial charge in [-0.15, -0.1) is 0 Å². The quantitative estimate of drug-likeness (QED) is 0.491. The van der Waals surface area contributed by atoms with Crippen molar-refractivity contribution in [1.82, 2.24) is 9.97 Å². The Morgan fingerprint density at radius 1 is 1.40 bits per heavy atom. The molecule has 1 aromatic carbocycles. The molecule has 0 spiro atoms. The standard InChI is InChI=1S/C11H10ClN5O3/c12-8-3-1-7(2-4-8)6-20-10-9(17(18)19)5-14-11(15-10)16-13/h1-5H,6,13H2,(H,14,15,16). The van der Waals surface area contributed by atoms with E-state index in [2.05, 4.69) is 15.4 Å². The van der Waals surface area contributed by atoms with Crippen LogP contribution in [0.25, 0.3) is 0 Å². The Morgan fingerprint density at radius 3 is 2.70 bits per heavy atom. The normalized spacial score (nSPS) is 10.1. The van der Waals surface area contributed by atoms with Gasteiger partial charge in [-0.3, -0.25) is 15.5 Å². The first kappa shape index (κ1) is 14.0. The van der Waals surface area contributed by atoms with Crippen LogP contribution in [0.2, 0.25) is 5.02 Å². The van der Waals surface area contributed by atoms with E-state index in [9.17, 15) is 10.1 Å². The number of hydrogen-bond donors (Lipinski definition) is 2. The summed E-state index contributed by atoms with van der Waals surface area (Å²) in [6.07, 6.45) is 1.03. The van der Waals surface area contributed by atoms with Crippen molar-refractivity contribution < 1.29 is 9.66 Å². The van der Waals surface area contributed by atoms with Crippen LogP contribution in [0.4, 0.5) is 11.6 Å². The van der Waals surface area contributed by atoms with Gasteiger partial charge in [0.05, 0.1) is 4.92 Å². The summed E-state index contributed by atoms with van der Waals surface area (Å²) in [6.45, 7) is 0.110. The Labute approximate surface area is 118 Å². The summed E-state index contributed by atoms with van der Waals surface area (Å²) in [4.78, 5) is 17.7. The largest absolute Gasteiger partial charge is 0.468 e. The Hall–Kier alpha value is -2.45. The molecule has 0 saturated heterocycles. The Bertz CT molecular complexity index is 620. The minimum absolute atomic E-state index is 0.0294. The van der Waals surface area contributed by atoms with Gasteiger partial charge in [-0.25, -0.2) is 10.8 Å². The molecule has 0 bridgehead atoms. The van der Waals surface area contributed by atoms with Gasteiger partial charge < -0.3 is 4.74 Å². The topological polar surface area (TPSA) is 116 Å². The fourth-order valence-corrected chi connectivity index (χ4v) is 1.52. The number of benzene rings is 1. The zero-order chi connectivity index (χ0) is 14.5. The van der Waals surface area contributed by atoms with Crippen molar-refractivity contribution in [1.29, 1.82) is 0 Å². The van der Waals surface area contributed by atoms with Gasteiger partial charge >= 0.3 is 5.69 Å². The van der Waals surface area contributed by atoms with E-state index >= 15 is 0 Å². The molecule has 2 aromatic rings. The van der Waals surface area contributed by atoms with Crippen molar-refractivity contribution in [3.63, 3.8) is 0 Å². The maximum absolute atomic E-state index is 10.9. The summed E-state index contributed by atoms with van der Waals surface area (Å²) in [5, 5.41) is 11.4. The highest BCUT2D eigenvalue weighted by atomic mass is 35.5. The molecule has 2 rings (SSSR count). The third-order valence-corrected chi connectivity index (χ3v) is 2.60. The molecule has 9 heteroatoms. The van der Waals surface area contributed by atoms with Crippen LogP contribution < -0.4 is 16.0 Å². The summed E-state index contributed by atoms with van der Waals surface area (Å²) < 4.78 is 5.34. The minimum atomic E-state index is -0.627. The lowest BCUT2D eigenvalue weighted by Crippen LogP contribution is -2.12. The first-order valence-corrected chi connectivity index (χ1v) is 5.83. The zero-order valence-electron chi connectivity index (χ0n) is 10.1. The molecule has 0 amide bonds. The van der Waals surface area contributed by atoms with E-state index in [1.54, 1.807) is 24.3 Å². The van der Waals surface area contributed by atoms with Gasteiger partial charge in [-0.05, 0) is 17.7 Å². The first-order valence-electron chi connectivity index (χ1n) is 5.45. The fraction of sp³-hybridized carbons (Fsp3) is 0.0909. The number of rotatable bonds is 5. The van der Waals surface area contributed by atoms with Crippen molar-refractivity contribution in [2.45, 2.75) is 6.61 Å². The van der Waals surface area contributed by atoms with Gasteiger partial charge in [0.15, 0.2) is 0 Å². The Balaban J connectivity index is 2.18. The number of nitro groups is 1. The van der Waals surface area contributed by atoms with E-state index in [1.807, 2.05) is 0 Å². The van der Waals surface area contributed by atoms with Crippen molar-refractivity contribution in [3.05, 3.63) is 51.2 Å². The second-order valence-electron chi connectivity index (χ2n) is 3.70. The smallest absolute Gasteiger partial charge is 0.349 e. The third-order valence-electron chi connectivity index (χ3n) is 2.35. The summed E-state index contributed by atoms with van der Waals surface area (Å²) in [7, 11) is 0. The van der Waals surface area contributed by atoms with Gasteiger partial charge in [0.25, 0.3) is 5.88 Å². The van der Waals surface area contributed by atoms with Crippen LogP contribution in [0.1, 0.15) is 5.56 Å². The van der Waals surface area contributed by atoms with Crippen molar-refractivity contribution in [2.75, 3.05) is 5.43 Å². The molecule has 0 fully saturated rings. The highest BCUT2D eigenvalue weighted by Crippen LogP contribution is 2.25. The predicted octanol–water partition coefficient (Wildman–Crippen LogP) is 1.90. The van der Waals surface area contributed by atoms with Crippen LogP contribution in [0, 0.1) is 10.1 Å². The average molecular weight is 296 g/mol. The van der Waals surface area contributed by atoms with Crippen LogP contribution in [0.15, 0.2) is 30.5 Å². The molecule has 0 aliphatic rings. The number of ether oxygens (including phenoxy) is 1. The fourth-order valence-electron chi connectivity index (χ4n) is 1.39. The van der Waals surface area contributed by atoms with Gasteiger partial charge in [0.2, 0.25) is 5.95 Å². The number of hydrazine groups is 1. The molecule has 0 unspecified atom stereocenters. The van der Waals surface area contributed by atoms with Gasteiger partial charge in [0.1, 0.15) is 12.8 Å². The first-order chi connectivity index (χ1) is 9.60. The van der Waals surface area contributed by atoms with E-state index in [4.69, 9.17) is 22.2 Å². The van der Waals surface area contributed by atoms with E-state index in [0.29, 0.717) is 5.02 Å². The molecule has 0 radical (unpaired) electrons. The molecule has 0 saturated carbocycles. The predicted molar refractivity (Wildman–Crippen MR) is 72.3 cm³/mol. The van der Waals surface area contributed by atoms with Crippen molar-refractivity contribution in [2.24, 2.45) is 5.84 Å². The molecule has 20 heavy (non-hydrogen) atoms. The molecular formula is C11H10ClN5O3. The maximum atomic E-state index is 10.9. The van der Waals surface area contributed by atoms with Gasteiger partial charge in [0, 0.05) is 5.02 Å². The van der Waals surface area contributed by atoms with Crippen LogP contribution in [-0.2, 0) is 6.61 Å². The maximum Gasteiger partial charge on any atom is 0.349 e. The van der Waals surface area contributed by atoms with Gasteiger partial charge in [-0.2, -0.15) is 4.98 Å². The van der Waals surface area contributed by atoms with Gasteiger partial charge in [-0.1, -0.05) is 23.7 Å². The van der Waals surface area contributed by atoms with Crippen LogP contribution >= 0.6 is 11.6 Å². The van der Waals surface area contributed by atoms with Crippen LogP contribution in [-0.4, -0.2) is 14.9 Å². The molecule has 104 valence electrons. The lowest BCUT2D eigenvalue weighted by atomic mass is 10.2. The van der Waals surface area contributed by atoms with E-state index in [1.165, 1.54) is 0 Å². The number of anilines is 1. The average Bonchev–Trinajstić information content (AvgIpc) is 2.46. The molecule has 1 heterocycles. The number of halogens is 1. The number of nitrogens with one attached hydrogen (secondary N) is 1. The molecular weight excluding hydrogens is 286 g/mol. The number of nitrogen functional groups attached to an aromatic ring is 1. The molecule has 3 N–H and O–H groups in total. The highest BCUT2D eigenvalue weighted by Gasteiger charge is 2.18. The summed E-state index contributed by atoms with van der Waals surface area (Å²) >= 11 is 5.76. The van der Waals surface area contributed by atoms with E-state index in [-0.39, 0.29) is 24.1 Å². The lowest BCUT2D eigenvalue weighted by Gasteiger charge is -2.07. The van der Waals surface area contributed by atoms with Crippen molar-refractivity contribution in [3.8, 4) is 5.88 Å². The number of aromatic nitrogens is 2. The van der Waals surface area contributed by atoms with E-state index < -0.39 is 4.92 Å². The minimum Gasteiger partial charge on any atom is -0.468 e. The van der Waals surface area contributed by atoms with Crippen molar-refractivity contribution >= 4 is 23.2 Å². The SMILES string of the molecule is NNc1ncc([N+](=O)[O-])c(OCc2ccc(Cl)cc2)n1. The summed E-state index contributed by atoms with van der Waals surface area (Å²) in [5.74, 6) is 5.02. The molecule has 1 aromatic heterocycles. The Morgan fingerprint density at radius 2 is 2.10 bits per heavy atom. The molecule has 0 atom stereocenters. The Kier molecular flexibility index (Phi) is 4.28. The van der Waals surface area contributed by atoms with Crippen LogP contribution in [0.5, 0.6) is 5.88 Å². The summed E-state index contributed by atoms with van der Waals surface area (Å²) in [6, 6.07) is 6.89. The second-order valence-corrected chi connectivity index (χ2v) is 4.14. The highest BCUT2D eigenvalue weighted by molar-refractivity contribution is 6.30. The monoisotopic (exact) mass is 295 g/mol. The molecule has 8 nitrogen and oxygen atoms in total. The number of nitrogens with two attached hydrogens (primary N) is 1. The second kappa shape index (κ2) is 6.13. The lowest BCUT2D eigenvalue weighted by molar-refractivity contribution is -0.386.